The van der Waals surface area contributed by atoms with Gasteiger partial charge in [-0.1, -0.05) is 30.5 Å². The summed E-state index contributed by atoms with van der Waals surface area (Å²) < 4.78 is 24.6. The van der Waals surface area contributed by atoms with Gasteiger partial charge >= 0.3 is 0 Å². The van der Waals surface area contributed by atoms with E-state index in [4.69, 9.17) is 17.3 Å². The maximum atomic E-state index is 12.3. The second-order valence-corrected chi connectivity index (χ2v) is 6.68. The number of sulfone groups is 1. The molecule has 88 valence electrons. The highest BCUT2D eigenvalue weighted by molar-refractivity contribution is 7.92. The minimum absolute atomic E-state index is 0.114. The van der Waals surface area contributed by atoms with Crippen LogP contribution in [0.3, 0.4) is 0 Å². The third kappa shape index (κ3) is 1.92. The van der Waals surface area contributed by atoms with Gasteiger partial charge in [-0.15, -0.1) is 0 Å². The first-order valence-electron chi connectivity index (χ1n) is 5.31. The Bertz CT molecular complexity index is 472. The van der Waals surface area contributed by atoms with Crippen LogP contribution in [0.4, 0.5) is 5.69 Å². The fourth-order valence-corrected chi connectivity index (χ4v) is 4.72. The molecule has 3 nitrogen and oxygen atoms in total. The molecular weight excluding hydrogens is 246 g/mol. The van der Waals surface area contributed by atoms with E-state index >= 15 is 0 Å². The van der Waals surface area contributed by atoms with Crippen molar-refractivity contribution < 1.29 is 8.42 Å². The molecule has 0 spiro atoms. The van der Waals surface area contributed by atoms with E-state index in [1.165, 1.54) is 0 Å². The fourth-order valence-electron chi connectivity index (χ4n) is 2.19. The molecule has 0 saturated heterocycles. The maximum absolute atomic E-state index is 12.3. The summed E-state index contributed by atoms with van der Waals surface area (Å²) in [6.07, 6.45) is 3.36. The molecule has 0 aliphatic heterocycles. The highest BCUT2D eigenvalue weighted by atomic mass is 35.5. The molecule has 0 radical (unpaired) electrons. The molecular formula is C11H14ClNO2S. The van der Waals surface area contributed by atoms with Crippen LogP contribution in [0.15, 0.2) is 23.1 Å². The predicted molar refractivity (Wildman–Crippen MR) is 65.3 cm³/mol. The van der Waals surface area contributed by atoms with E-state index in [9.17, 15) is 8.42 Å². The van der Waals surface area contributed by atoms with Crippen molar-refractivity contribution in [2.45, 2.75) is 35.8 Å². The topological polar surface area (TPSA) is 60.2 Å². The Balaban J connectivity index is 2.50. The Labute approximate surface area is 101 Å². The number of anilines is 1. The zero-order valence-electron chi connectivity index (χ0n) is 8.82. The van der Waals surface area contributed by atoms with E-state index in [-0.39, 0.29) is 20.9 Å². The number of nitrogen functional groups attached to an aromatic ring is 1. The molecule has 1 aliphatic rings. The lowest BCUT2D eigenvalue weighted by atomic mass is 10.3. The molecule has 0 bridgehead atoms. The van der Waals surface area contributed by atoms with E-state index in [0.717, 1.165) is 12.8 Å². The first kappa shape index (κ1) is 11.7. The number of nitrogens with two attached hydrogens (primary N) is 1. The summed E-state index contributed by atoms with van der Waals surface area (Å²) in [5, 5.41) is -0.0819. The molecule has 0 aromatic heterocycles. The van der Waals surface area contributed by atoms with E-state index in [2.05, 4.69) is 0 Å². The molecule has 1 aromatic carbocycles. The van der Waals surface area contributed by atoms with Crippen molar-refractivity contribution in [1.29, 1.82) is 0 Å². The van der Waals surface area contributed by atoms with Crippen LogP contribution in [0.25, 0.3) is 0 Å². The molecule has 0 heterocycles. The van der Waals surface area contributed by atoms with Crippen LogP contribution in [0.1, 0.15) is 25.7 Å². The highest BCUT2D eigenvalue weighted by Crippen LogP contribution is 2.35. The molecule has 0 unspecified atom stereocenters. The van der Waals surface area contributed by atoms with Crippen molar-refractivity contribution >= 4 is 27.1 Å². The van der Waals surface area contributed by atoms with E-state index in [1.54, 1.807) is 18.2 Å². The van der Waals surface area contributed by atoms with Crippen LogP contribution in [-0.4, -0.2) is 13.7 Å². The minimum Gasteiger partial charge on any atom is -0.398 e. The van der Waals surface area contributed by atoms with E-state index in [0.29, 0.717) is 12.8 Å². The summed E-state index contributed by atoms with van der Waals surface area (Å²) in [6.45, 7) is 0. The van der Waals surface area contributed by atoms with Gasteiger partial charge in [-0.2, -0.15) is 0 Å². The van der Waals surface area contributed by atoms with E-state index in [1.807, 2.05) is 0 Å². The molecule has 1 aromatic rings. The Morgan fingerprint density at radius 3 is 2.44 bits per heavy atom. The smallest absolute Gasteiger partial charge is 0.184 e. The number of hydrogen-bond donors (Lipinski definition) is 1. The van der Waals surface area contributed by atoms with Crippen LogP contribution >= 0.6 is 11.6 Å². The van der Waals surface area contributed by atoms with Gasteiger partial charge in [-0.25, -0.2) is 8.42 Å². The summed E-state index contributed by atoms with van der Waals surface area (Å²) >= 11 is 5.93. The fraction of sp³-hybridized carbons (Fsp3) is 0.455. The quantitative estimate of drug-likeness (QED) is 0.831. The monoisotopic (exact) mass is 259 g/mol. The summed E-state index contributed by atoms with van der Waals surface area (Å²) in [7, 11) is -3.36. The summed E-state index contributed by atoms with van der Waals surface area (Å²) in [5.74, 6) is 0. The van der Waals surface area contributed by atoms with Gasteiger partial charge in [0.05, 0.1) is 16.0 Å². The molecule has 2 N–H and O–H groups in total. The van der Waals surface area contributed by atoms with Gasteiger partial charge in [0.2, 0.25) is 0 Å². The first-order chi connectivity index (χ1) is 7.53. The minimum atomic E-state index is -3.36. The van der Waals surface area contributed by atoms with Crippen molar-refractivity contribution in [1.82, 2.24) is 0 Å². The normalized spacial score (nSPS) is 17.8. The number of hydrogen-bond acceptors (Lipinski definition) is 3. The van der Waals surface area contributed by atoms with Crippen molar-refractivity contribution in [3.8, 4) is 0 Å². The Hall–Kier alpha value is -0.740. The van der Waals surface area contributed by atoms with Gasteiger partial charge in [0.1, 0.15) is 4.90 Å². The Morgan fingerprint density at radius 1 is 1.25 bits per heavy atom. The summed E-state index contributed by atoms with van der Waals surface area (Å²) in [6, 6.07) is 4.80. The lowest BCUT2D eigenvalue weighted by Crippen LogP contribution is -2.19. The van der Waals surface area contributed by atoms with Gasteiger partial charge in [0, 0.05) is 0 Å². The van der Waals surface area contributed by atoms with Gasteiger partial charge in [0.15, 0.2) is 9.84 Å². The second kappa shape index (κ2) is 4.26. The second-order valence-electron chi connectivity index (χ2n) is 4.11. The number of rotatable bonds is 2. The molecule has 0 atom stereocenters. The Morgan fingerprint density at radius 2 is 1.88 bits per heavy atom. The Kier molecular flexibility index (Phi) is 3.13. The molecule has 2 rings (SSSR count). The van der Waals surface area contributed by atoms with E-state index < -0.39 is 9.84 Å². The van der Waals surface area contributed by atoms with Crippen LogP contribution < -0.4 is 5.73 Å². The van der Waals surface area contributed by atoms with Crippen LogP contribution in [0.5, 0.6) is 0 Å². The van der Waals surface area contributed by atoms with Crippen LogP contribution in [0.2, 0.25) is 5.02 Å². The SMILES string of the molecule is Nc1cccc(Cl)c1S(=O)(=O)C1CCCC1. The maximum Gasteiger partial charge on any atom is 0.184 e. The molecule has 16 heavy (non-hydrogen) atoms. The first-order valence-corrected chi connectivity index (χ1v) is 7.24. The predicted octanol–water partition coefficient (Wildman–Crippen LogP) is 2.64. The number of benzene rings is 1. The molecule has 0 amide bonds. The lowest BCUT2D eigenvalue weighted by molar-refractivity contribution is 0.580. The van der Waals surface area contributed by atoms with Crippen molar-refractivity contribution in [2.24, 2.45) is 0 Å². The van der Waals surface area contributed by atoms with Crippen molar-refractivity contribution in [2.75, 3.05) is 5.73 Å². The van der Waals surface area contributed by atoms with Gasteiger partial charge in [-0.3, -0.25) is 0 Å². The third-order valence-corrected chi connectivity index (χ3v) is 5.82. The zero-order valence-corrected chi connectivity index (χ0v) is 10.4. The summed E-state index contributed by atoms with van der Waals surface area (Å²) in [5.41, 5.74) is 5.96. The average Bonchev–Trinajstić information content (AvgIpc) is 2.69. The third-order valence-electron chi connectivity index (χ3n) is 3.02. The molecule has 1 fully saturated rings. The molecule has 1 aliphatic carbocycles. The largest absolute Gasteiger partial charge is 0.398 e. The summed E-state index contributed by atoms with van der Waals surface area (Å²) in [4.78, 5) is 0.114. The standard InChI is InChI=1S/C11H14ClNO2S/c12-9-6-3-7-10(13)11(9)16(14,15)8-4-1-2-5-8/h3,6-8H,1-2,4-5,13H2. The molecule has 5 heteroatoms. The van der Waals surface area contributed by atoms with Gasteiger partial charge in [-0.05, 0) is 25.0 Å². The van der Waals surface area contributed by atoms with Gasteiger partial charge < -0.3 is 5.73 Å². The van der Waals surface area contributed by atoms with Crippen LogP contribution in [-0.2, 0) is 9.84 Å². The van der Waals surface area contributed by atoms with Gasteiger partial charge in [0.25, 0.3) is 0 Å². The number of halogens is 1. The highest BCUT2D eigenvalue weighted by Gasteiger charge is 2.33. The zero-order chi connectivity index (χ0) is 11.8. The van der Waals surface area contributed by atoms with Crippen molar-refractivity contribution in [3.05, 3.63) is 23.2 Å². The van der Waals surface area contributed by atoms with Crippen LogP contribution in [0, 0.1) is 0 Å². The van der Waals surface area contributed by atoms with Crippen molar-refractivity contribution in [3.63, 3.8) is 0 Å². The average molecular weight is 260 g/mol. The molecule has 1 saturated carbocycles. The lowest BCUT2D eigenvalue weighted by Gasteiger charge is -2.14.